The molecule has 2 aliphatic heterocycles. The van der Waals surface area contributed by atoms with Gasteiger partial charge < -0.3 is 30.2 Å². The Bertz CT molecular complexity index is 872. The third-order valence-electron chi connectivity index (χ3n) is 4.84. The number of anilines is 1. The van der Waals surface area contributed by atoms with Crippen LogP contribution >= 0.6 is 0 Å². The largest absolute Gasteiger partial charge is 0.535 e. The number of pyridine rings is 1. The van der Waals surface area contributed by atoms with E-state index in [0.29, 0.717) is 32.4 Å². The van der Waals surface area contributed by atoms with E-state index in [1.54, 1.807) is 18.3 Å². The molecule has 1 fully saturated rings. The van der Waals surface area contributed by atoms with E-state index < -0.39 is 13.1 Å². The number of ether oxygens (including phenoxy) is 1. The van der Waals surface area contributed by atoms with Gasteiger partial charge in [0.25, 0.3) is 0 Å². The zero-order chi connectivity index (χ0) is 19.0. The minimum Gasteiger partial charge on any atom is -0.535 e. The molecule has 4 rings (SSSR count). The predicted molar refractivity (Wildman–Crippen MR) is 99.3 cm³/mol. The number of aromatic carboxylic acids is 1. The van der Waals surface area contributed by atoms with Gasteiger partial charge in [0, 0.05) is 12.7 Å². The average Bonchev–Trinajstić information content (AvgIpc) is 2.63. The molecule has 8 nitrogen and oxygen atoms in total. The van der Waals surface area contributed by atoms with Crippen LogP contribution < -0.4 is 20.0 Å². The van der Waals surface area contributed by atoms with Crippen molar-refractivity contribution in [2.24, 2.45) is 5.73 Å². The summed E-state index contributed by atoms with van der Waals surface area (Å²) in [6, 6.07) is 7.27. The van der Waals surface area contributed by atoms with Crippen LogP contribution in [0.4, 0.5) is 5.82 Å². The lowest BCUT2D eigenvalue weighted by molar-refractivity contribution is 0.0684. The van der Waals surface area contributed by atoms with E-state index in [4.69, 9.17) is 15.1 Å². The summed E-state index contributed by atoms with van der Waals surface area (Å²) in [4.78, 5) is 18.2. The van der Waals surface area contributed by atoms with Crippen molar-refractivity contribution < 1.29 is 24.3 Å². The lowest BCUT2D eigenvalue weighted by atomic mass is 9.78. The van der Waals surface area contributed by atoms with E-state index in [1.165, 1.54) is 0 Å². The van der Waals surface area contributed by atoms with E-state index in [-0.39, 0.29) is 23.2 Å². The number of benzene rings is 1. The van der Waals surface area contributed by atoms with Gasteiger partial charge >= 0.3 is 13.1 Å². The summed E-state index contributed by atoms with van der Waals surface area (Å²) >= 11 is 0. The molecular formula is C18H20BN3O5. The van der Waals surface area contributed by atoms with E-state index in [2.05, 4.69) is 4.98 Å². The van der Waals surface area contributed by atoms with E-state index in [0.717, 1.165) is 16.9 Å². The topological polar surface area (TPSA) is 118 Å². The number of aromatic nitrogens is 1. The Hall–Kier alpha value is -2.78. The van der Waals surface area contributed by atoms with Crippen LogP contribution in [-0.2, 0) is 13.0 Å². The normalized spacial score (nSPS) is 16.4. The molecule has 1 aromatic carbocycles. The van der Waals surface area contributed by atoms with Crippen LogP contribution in [0, 0.1) is 0 Å². The Labute approximate surface area is 156 Å². The number of nitrogens with two attached hydrogens (primary N) is 1. The number of carbonyl (C=O) groups is 1. The maximum Gasteiger partial charge on any atom is 0.522 e. The van der Waals surface area contributed by atoms with Crippen molar-refractivity contribution in [1.82, 2.24) is 4.98 Å². The number of rotatable bonds is 5. The third kappa shape index (κ3) is 3.43. The van der Waals surface area contributed by atoms with E-state index in [9.17, 15) is 14.9 Å². The van der Waals surface area contributed by atoms with Crippen molar-refractivity contribution in [3.63, 3.8) is 0 Å². The summed E-state index contributed by atoms with van der Waals surface area (Å²) in [5.74, 6) is 0.147. The fourth-order valence-corrected chi connectivity index (χ4v) is 3.35. The quantitative estimate of drug-likeness (QED) is 0.666. The fraction of sp³-hybridized carbons (Fsp3) is 0.333. The van der Waals surface area contributed by atoms with Gasteiger partial charge in [0.1, 0.15) is 29.0 Å². The summed E-state index contributed by atoms with van der Waals surface area (Å²) in [6.45, 7) is 1.65. The SMILES string of the molecule is NCc1ccnc(N2CC(Oc3ccc4c(c3C(=O)O)OB(O)CC4)C2)c1. The summed E-state index contributed by atoms with van der Waals surface area (Å²) < 4.78 is 11.3. The molecule has 0 saturated carbocycles. The van der Waals surface area contributed by atoms with Gasteiger partial charge in [0.2, 0.25) is 0 Å². The van der Waals surface area contributed by atoms with Gasteiger partial charge in [-0.15, -0.1) is 0 Å². The van der Waals surface area contributed by atoms with Crippen LogP contribution in [0.2, 0.25) is 6.32 Å². The first-order valence-corrected chi connectivity index (χ1v) is 8.85. The van der Waals surface area contributed by atoms with Gasteiger partial charge in [-0.1, -0.05) is 6.07 Å². The van der Waals surface area contributed by atoms with Crippen molar-refractivity contribution in [2.75, 3.05) is 18.0 Å². The minimum atomic E-state index is -1.13. The second-order valence-electron chi connectivity index (χ2n) is 6.71. The molecule has 0 spiro atoms. The van der Waals surface area contributed by atoms with Crippen LogP contribution in [0.1, 0.15) is 21.5 Å². The number of hydrogen-bond acceptors (Lipinski definition) is 7. The molecule has 27 heavy (non-hydrogen) atoms. The molecule has 3 heterocycles. The van der Waals surface area contributed by atoms with Crippen molar-refractivity contribution in [1.29, 1.82) is 0 Å². The summed E-state index contributed by atoms with van der Waals surface area (Å²) in [5, 5.41) is 19.3. The van der Waals surface area contributed by atoms with Crippen LogP contribution in [-0.4, -0.2) is 47.4 Å². The number of fused-ring (bicyclic) bond motifs is 1. The maximum absolute atomic E-state index is 11.8. The summed E-state index contributed by atoms with van der Waals surface area (Å²) in [6.07, 6.45) is 2.58. The van der Waals surface area contributed by atoms with Crippen LogP contribution in [0.15, 0.2) is 30.5 Å². The highest BCUT2D eigenvalue weighted by Gasteiger charge is 2.34. The molecule has 1 aromatic heterocycles. The Morgan fingerprint density at radius 2 is 2.22 bits per heavy atom. The minimum absolute atomic E-state index is 0.0343. The van der Waals surface area contributed by atoms with Gasteiger partial charge in [0.15, 0.2) is 0 Å². The highest BCUT2D eigenvalue weighted by Crippen LogP contribution is 2.37. The smallest absolute Gasteiger partial charge is 0.522 e. The van der Waals surface area contributed by atoms with Crippen molar-refractivity contribution in [3.05, 3.63) is 47.2 Å². The Balaban J connectivity index is 1.49. The number of hydrogen-bond donors (Lipinski definition) is 3. The van der Waals surface area contributed by atoms with Gasteiger partial charge in [-0.25, -0.2) is 9.78 Å². The van der Waals surface area contributed by atoms with Crippen LogP contribution in [0.25, 0.3) is 0 Å². The second-order valence-corrected chi connectivity index (χ2v) is 6.71. The lowest BCUT2D eigenvalue weighted by Crippen LogP contribution is -2.54. The zero-order valence-electron chi connectivity index (χ0n) is 14.7. The molecule has 0 unspecified atom stereocenters. The molecule has 2 aromatic rings. The monoisotopic (exact) mass is 369 g/mol. The van der Waals surface area contributed by atoms with Crippen molar-refractivity contribution in [3.8, 4) is 11.5 Å². The van der Waals surface area contributed by atoms with E-state index >= 15 is 0 Å². The summed E-state index contributed by atoms with van der Waals surface area (Å²) in [5.41, 5.74) is 7.40. The highest BCUT2D eigenvalue weighted by molar-refractivity contribution is 6.44. The molecular weight excluding hydrogens is 349 g/mol. The Morgan fingerprint density at radius 3 is 2.96 bits per heavy atom. The molecule has 140 valence electrons. The number of nitrogens with zero attached hydrogens (tertiary/aromatic N) is 2. The first-order chi connectivity index (χ1) is 13.0. The summed E-state index contributed by atoms with van der Waals surface area (Å²) in [7, 11) is -0.994. The molecule has 1 saturated heterocycles. The third-order valence-corrected chi connectivity index (χ3v) is 4.84. The van der Waals surface area contributed by atoms with Crippen LogP contribution in [0.3, 0.4) is 0 Å². The second kappa shape index (κ2) is 7.09. The molecule has 0 radical (unpaired) electrons. The van der Waals surface area contributed by atoms with Crippen molar-refractivity contribution in [2.45, 2.75) is 25.4 Å². The number of aryl methyl sites for hydroxylation is 1. The standard InChI is InChI=1S/C18H20BN3O5/c20-8-11-4-6-21-15(7-11)22-9-13(10-22)26-14-2-1-12-3-5-19(25)27-17(12)16(14)18(23)24/h1-2,4,6-7,13,25H,3,5,8-10,20H2,(H,23,24). The number of carboxylic acid groups (broad SMARTS) is 1. The first-order valence-electron chi connectivity index (χ1n) is 8.85. The average molecular weight is 369 g/mol. The molecule has 0 amide bonds. The molecule has 4 N–H and O–H groups in total. The number of carboxylic acids is 1. The highest BCUT2D eigenvalue weighted by atomic mass is 16.5. The van der Waals surface area contributed by atoms with Gasteiger partial charge in [-0.3, -0.25) is 0 Å². The molecule has 0 bridgehead atoms. The molecule has 2 aliphatic rings. The maximum atomic E-state index is 11.8. The van der Waals surface area contributed by atoms with Gasteiger partial charge in [-0.05, 0) is 42.1 Å². The Kier molecular flexibility index (Phi) is 4.63. The predicted octanol–water partition coefficient (Wildman–Crippen LogP) is 0.921. The van der Waals surface area contributed by atoms with Gasteiger partial charge in [-0.2, -0.15) is 0 Å². The first kappa shape index (κ1) is 17.6. The molecule has 0 atom stereocenters. The lowest BCUT2D eigenvalue weighted by Gasteiger charge is -2.40. The van der Waals surface area contributed by atoms with Gasteiger partial charge in [0.05, 0.1) is 13.1 Å². The van der Waals surface area contributed by atoms with E-state index in [1.807, 2.05) is 17.0 Å². The zero-order valence-corrected chi connectivity index (χ0v) is 14.7. The van der Waals surface area contributed by atoms with Crippen LogP contribution in [0.5, 0.6) is 11.5 Å². The van der Waals surface area contributed by atoms with Crippen molar-refractivity contribution >= 4 is 18.9 Å². The Morgan fingerprint density at radius 1 is 1.41 bits per heavy atom. The molecule has 9 heteroatoms. The fourth-order valence-electron chi connectivity index (χ4n) is 3.35. The molecule has 0 aliphatic carbocycles.